The minimum absolute atomic E-state index is 0.421. The molecule has 0 fully saturated rings. The second kappa shape index (κ2) is 7.52. The zero-order chi connectivity index (χ0) is 8.53. The number of allylic oxidation sites excluding steroid dienone is 2. The predicted molar refractivity (Wildman–Crippen MR) is 48.5 cm³/mol. The molecule has 0 saturated carbocycles. The molecule has 0 rings (SSSR count). The quantitative estimate of drug-likeness (QED) is 0.326. The van der Waals surface area contributed by atoms with Crippen LogP contribution in [0.1, 0.15) is 39.5 Å². The Morgan fingerprint density at radius 3 is 2.73 bits per heavy atom. The average molecular weight is 154 g/mol. The SMILES string of the molecule is CCCC/C=C\C(C)CC=O. The van der Waals surface area contributed by atoms with Crippen LogP contribution in [0.5, 0.6) is 0 Å². The highest BCUT2D eigenvalue weighted by Gasteiger charge is 1.92. The molecule has 0 saturated heterocycles. The summed E-state index contributed by atoms with van der Waals surface area (Å²) >= 11 is 0. The van der Waals surface area contributed by atoms with Gasteiger partial charge in [0.15, 0.2) is 0 Å². The molecule has 0 aromatic rings. The van der Waals surface area contributed by atoms with Crippen molar-refractivity contribution in [1.29, 1.82) is 0 Å². The normalized spacial score (nSPS) is 13.6. The fraction of sp³-hybridized carbons (Fsp3) is 0.700. The van der Waals surface area contributed by atoms with Crippen LogP contribution in [0, 0.1) is 5.92 Å². The molecule has 0 aliphatic rings. The molecule has 0 aliphatic heterocycles. The average Bonchev–Trinajstić information content (AvgIpc) is 1.99. The van der Waals surface area contributed by atoms with E-state index in [1.807, 2.05) is 0 Å². The lowest BCUT2D eigenvalue weighted by molar-refractivity contribution is -0.108. The molecule has 1 nitrogen and oxygen atoms in total. The standard InChI is InChI=1S/C10H18O/c1-3-4-5-6-7-10(2)8-9-11/h6-7,9-10H,3-5,8H2,1-2H3/b7-6-. The second-order valence-electron chi connectivity index (χ2n) is 2.95. The molecular weight excluding hydrogens is 136 g/mol. The Balaban J connectivity index is 3.31. The van der Waals surface area contributed by atoms with E-state index in [1.165, 1.54) is 12.8 Å². The Hall–Kier alpha value is -0.590. The molecule has 0 aliphatic carbocycles. The van der Waals surface area contributed by atoms with Crippen LogP contribution in [0.25, 0.3) is 0 Å². The maximum absolute atomic E-state index is 10.1. The van der Waals surface area contributed by atoms with Crippen molar-refractivity contribution in [2.45, 2.75) is 39.5 Å². The van der Waals surface area contributed by atoms with Crippen molar-refractivity contribution in [2.24, 2.45) is 5.92 Å². The lowest BCUT2D eigenvalue weighted by Crippen LogP contribution is -1.88. The topological polar surface area (TPSA) is 17.1 Å². The molecule has 0 radical (unpaired) electrons. The summed E-state index contributed by atoms with van der Waals surface area (Å²) in [6.45, 7) is 4.25. The largest absolute Gasteiger partial charge is 0.303 e. The summed E-state index contributed by atoms with van der Waals surface area (Å²) in [4.78, 5) is 10.1. The monoisotopic (exact) mass is 154 g/mol. The summed E-state index contributed by atoms with van der Waals surface area (Å²) < 4.78 is 0. The number of carbonyl (C=O) groups is 1. The van der Waals surface area contributed by atoms with Crippen LogP contribution < -0.4 is 0 Å². The maximum atomic E-state index is 10.1. The molecule has 11 heavy (non-hydrogen) atoms. The Bertz CT molecular complexity index is 116. The number of rotatable bonds is 6. The summed E-state index contributed by atoms with van der Waals surface area (Å²) in [5, 5.41) is 0. The number of aldehydes is 1. The molecular formula is C10H18O. The summed E-state index contributed by atoms with van der Waals surface area (Å²) in [6, 6.07) is 0. The first-order valence-corrected chi connectivity index (χ1v) is 4.41. The highest BCUT2D eigenvalue weighted by Crippen LogP contribution is 2.03. The third-order valence-electron chi connectivity index (χ3n) is 1.66. The van der Waals surface area contributed by atoms with E-state index in [9.17, 15) is 4.79 Å². The highest BCUT2D eigenvalue weighted by molar-refractivity contribution is 5.50. The molecule has 0 aromatic heterocycles. The van der Waals surface area contributed by atoms with Gasteiger partial charge < -0.3 is 4.79 Å². The molecule has 64 valence electrons. The van der Waals surface area contributed by atoms with Gasteiger partial charge in [0.05, 0.1) is 0 Å². The zero-order valence-corrected chi connectivity index (χ0v) is 7.55. The van der Waals surface area contributed by atoms with Gasteiger partial charge in [-0.25, -0.2) is 0 Å². The van der Waals surface area contributed by atoms with Crippen molar-refractivity contribution in [2.75, 3.05) is 0 Å². The first kappa shape index (κ1) is 10.4. The Labute approximate surface area is 69.5 Å². The Kier molecular flexibility index (Phi) is 7.11. The van der Waals surface area contributed by atoms with E-state index in [4.69, 9.17) is 0 Å². The maximum Gasteiger partial charge on any atom is 0.120 e. The van der Waals surface area contributed by atoms with Gasteiger partial charge in [0.25, 0.3) is 0 Å². The van der Waals surface area contributed by atoms with Crippen molar-refractivity contribution in [3.8, 4) is 0 Å². The van der Waals surface area contributed by atoms with E-state index < -0.39 is 0 Å². The van der Waals surface area contributed by atoms with E-state index in [0.717, 1.165) is 12.7 Å². The zero-order valence-electron chi connectivity index (χ0n) is 7.55. The van der Waals surface area contributed by atoms with Crippen LogP contribution in [0.3, 0.4) is 0 Å². The van der Waals surface area contributed by atoms with Crippen LogP contribution in [-0.2, 0) is 4.79 Å². The van der Waals surface area contributed by atoms with Crippen LogP contribution in [0.2, 0.25) is 0 Å². The van der Waals surface area contributed by atoms with Crippen molar-refractivity contribution in [3.05, 3.63) is 12.2 Å². The lowest BCUT2D eigenvalue weighted by atomic mass is 10.1. The van der Waals surface area contributed by atoms with E-state index in [0.29, 0.717) is 12.3 Å². The molecule has 0 N–H and O–H groups in total. The van der Waals surface area contributed by atoms with Gasteiger partial charge in [-0.1, -0.05) is 38.8 Å². The van der Waals surface area contributed by atoms with Gasteiger partial charge in [0, 0.05) is 6.42 Å². The first-order chi connectivity index (χ1) is 5.31. The van der Waals surface area contributed by atoms with E-state index in [2.05, 4.69) is 26.0 Å². The summed E-state index contributed by atoms with van der Waals surface area (Å²) in [5.74, 6) is 0.421. The van der Waals surface area contributed by atoms with Crippen molar-refractivity contribution >= 4 is 6.29 Å². The van der Waals surface area contributed by atoms with Gasteiger partial charge in [-0.05, 0) is 12.3 Å². The minimum Gasteiger partial charge on any atom is -0.303 e. The van der Waals surface area contributed by atoms with Crippen molar-refractivity contribution in [3.63, 3.8) is 0 Å². The van der Waals surface area contributed by atoms with E-state index in [-0.39, 0.29) is 0 Å². The smallest absolute Gasteiger partial charge is 0.120 e. The molecule has 1 heteroatoms. The van der Waals surface area contributed by atoms with Crippen LogP contribution in [-0.4, -0.2) is 6.29 Å². The molecule has 0 bridgehead atoms. The van der Waals surface area contributed by atoms with E-state index in [1.54, 1.807) is 0 Å². The fourth-order valence-corrected chi connectivity index (χ4v) is 0.881. The number of hydrogen-bond acceptors (Lipinski definition) is 1. The Morgan fingerprint density at radius 2 is 2.18 bits per heavy atom. The molecule has 0 aromatic carbocycles. The van der Waals surface area contributed by atoms with Crippen LogP contribution >= 0.6 is 0 Å². The molecule has 1 unspecified atom stereocenters. The lowest BCUT2D eigenvalue weighted by Gasteiger charge is -1.97. The van der Waals surface area contributed by atoms with Crippen molar-refractivity contribution < 1.29 is 4.79 Å². The van der Waals surface area contributed by atoms with Crippen LogP contribution in [0.4, 0.5) is 0 Å². The van der Waals surface area contributed by atoms with Crippen molar-refractivity contribution in [1.82, 2.24) is 0 Å². The molecule has 0 spiro atoms. The number of hydrogen-bond donors (Lipinski definition) is 0. The third-order valence-corrected chi connectivity index (χ3v) is 1.66. The Morgan fingerprint density at radius 1 is 1.45 bits per heavy atom. The number of carbonyl (C=O) groups excluding carboxylic acids is 1. The van der Waals surface area contributed by atoms with Gasteiger partial charge in [-0.2, -0.15) is 0 Å². The molecule has 0 heterocycles. The third kappa shape index (κ3) is 7.31. The summed E-state index contributed by atoms with van der Waals surface area (Å²) in [7, 11) is 0. The first-order valence-electron chi connectivity index (χ1n) is 4.41. The van der Waals surface area contributed by atoms with Gasteiger partial charge in [0.2, 0.25) is 0 Å². The fourth-order valence-electron chi connectivity index (χ4n) is 0.881. The second-order valence-corrected chi connectivity index (χ2v) is 2.95. The van der Waals surface area contributed by atoms with Gasteiger partial charge >= 0.3 is 0 Å². The van der Waals surface area contributed by atoms with E-state index >= 15 is 0 Å². The molecule has 1 atom stereocenters. The predicted octanol–water partition coefficient (Wildman–Crippen LogP) is 2.96. The molecule has 0 amide bonds. The summed E-state index contributed by atoms with van der Waals surface area (Å²) in [6.07, 6.45) is 9.59. The van der Waals surface area contributed by atoms with Gasteiger partial charge in [0.1, 0.15) is 6.29 Å². The van der Waals surface area contributed by atoms with Crippen LogP contribution in [0.15, 0.2) is 12.2 Å². The minimum atomic E-state index is 0.421. The number of unbranched alkanes of at least 4 members (excludes halogenated alkanes) is 2. The highest BCUT2D eigenvalue weighted by atomic mass is 16.1. The summed E-state index contributed by atoms with van der Waals surface area (Å²) in [5.41, 5.74) is 0. The van der Waals surface area contributed by atoms with Gasteiger partial charge in [-0.3, -0.25) is 0 Å². The van der Waals surface area contributed by atoms with Gasteiger partial charge in [-0.15, -0.1) is 0 Å².